The van der Waals surface area contributed by atoms with Crippen molar-refractivity contribution in [2.24, 2.45) is 5.92 Å². The van der Waals surface area contributed by atoms with Crippen LogP contribution in [0.4, 0.5) is 5.00 Å². The van der Waals surface area contributed by atoms with Crippen molar-refractivity contribution in [2.45, 2.75) is 33.4 Å². The molecule has 1 aromatic carbocycles. The molecule has 1 heterocycles. The normalized spacial score (nSPS) is 12.0. The lowest BCUT2D eigenvalue weighted by Crippen LogP contribution is -2.26. The van der Waals surface area contributed by atoms with Crippen LogP contribution in [0.1, 0.15) is 53.2 Å². The standard InChI is InChI=1S/C19H23N3O2S/c1-4-24-19(23)17-15(14(10-20)18(21)25-17)11-22-16(12(2)3)13-8-6-5-7-9-13/h5-9,12,16,22H,4,11,21H2,1-3H3/t16-/m1/s1. The summed E-state index contributed by atoms with van der Waals surface area (Å²) in [6, 6.07) is 12.3. The molecule has 1 atom stereocenters. The minimum Gasteiger partial charge on any atom is -0.462 e. The Hall–Kier alpha value is -2.36. The second-order valence-corrected chi connectivity index (χ2v) is 7.05. The van der Waals surface area contributed by atoms with Crippen molar-refractivity contribution in [3.63, 3.8) is 0 Å². The molecule has 0 saturated heterocycles. The lowest BCUT2D eigenvalue weighted by atomic mass is 9.95. The van der Waals surface area contributed by atoms with Gasteiger partial charge in [-0.05, 0) is 18.4 Å². The van der Waals surface area contributed by atoms with E-state index in [-0.39, 0.29) is 12.6 Å². The van der Waals surface area contributed by atoms with Crippen molar-refractivity contribution in [1.82, 2.24) is 5.32 Å². The maximum atomic E-state index is 12.2. The number of nitrogens with two attached hydrogens (primary N) is 1. The molecular weight excluding hydrogens is 334 g/mol. The van der Waals surface area contributed by atoms with Crippen molar-refractivity contribution in [1.29, 1.82) is 5.26 Å². The van der Waals surface area contributed by atoms with Crippen molar-refractivity contribution in [2.75, 3.05) is 12.3 Å². The monoisotopic (exact) mass is 357 g/mol. The largest absolute Gasteiger partial charge is 0.462 e. The molecule has 0 aliphatic rings. The van der Waals surface area contributed by atoms with Crippen LogP contribution in [0.2, 0.25) is 0 Å². The molecule has 25 heavy (non-hydrogen) atoms. The first-order valence-corrected chi connectivity index (χ1v) is 9.07. The Kier molecular flexibility index (Phi) is 6.57. The number of rotatable bonds is 7. The zero-order chi connectivity index (χ0) is 18.4. The second-order valence-electron chi connectivity index (χ2n) is 5.99. The van der Waals surface area contributed by atoms with Gasteiger partial charge in [0.05, 0.1) is 12.2 Å². The summed E-state index contributed by atoms with van der Waals surface area (Å²) in [5.41, 5.74) is 8.06. The Balaban J connectivity index is 2.29. The predicted octanol–water partition coefficient (Wildman–Crippen LogP) is 3.87. The van der Waals surface area contributed by atoms with Gasteiger partial charge >= 0.3 is 5.97 Å². The quantitative estimate of drug-likeness (QED) is 0.735. The Morgan fingerprint density at radius 2 is 2.04 bits per heavy atom. The summed E-state index contributed by atoms with van der Waals surface area (Å²) in [4.78, 5) is 12.6. The van der Waals surface area contributed by atoms with E-state index in [1.807, 2.05) is 18.2 Å². The summed E-state index contributed by atoms with van der Waals surface area (Å²) in [7, 11) is 0. The van der Waals surface area contributed by atoms with Gasteiger partial charge in [-0.1, -0.05) is 44.2 Å². The van der Waals surface area contributed by atoms with Crippen LogP contribution >= 0.6 is 11.3 Å². The molecule has 0 spiro atoms. The Morgan fingerprint density at radius 1 is 1.36 bits per heavy atom. The molecule has 1 aromatic heterocycles. The molecule has 5 nitrogen and oxygen atoms in total. The van der Waals surface area contributed by atoms with Crippen LogP contribution in [-0.2, 0) is 11.3 Å². The topological polar surface area (TPSA) is 88.1 Å². The molecule has 0 amide bonds. The molecule has 0 bridgehead atoms. The number of carbonyl (C=O) groups excluding carboxylic acids is 1. The van der Waals surface area contributed by atoms with Crippen LogP contribution in [-0.4, -0.2) is 12.6 Å². The van der Waals surface area contributed by atoms with Crippen LogP contribution in [0.15, 0.2) is 30.3 Å². The van der Waals surface area contributed by atoms with Crippen LogP contribution in [0.3, 0.4) is 0 Å². The zero-order valence-electron chi connectivity index (χ0n) is 14.7. The van der Waals surface area contributed by atoms with Gasteiger partial charge in [0.2, 0.25) is 0 Å². The average molecular weight is 357 g/mol. The maximum absolute atomic E-state index is 12.2. The van der Waals surface area contributed by atoms with E-state index in [1.54, 1.807) is 6.92 Å². The Bertz CT molecular complexity index is 763. The molecule has 0 aliphatic heterocycles. The van der Waals surface area contributed by atoms with Crippen LogP contribution in [0.5, 0.6) is 0 Å². The molecule has 2 rings (SSSR count). The first-order valence-electron chi connectivity index (χ1n) is 8.26. The predicted molar refractivity (Wildman–Crippen MR) is 100 cm³/mol. The molecule has 0 radical (unpaired) electrons. The fraction of sp³-hybridized carbons (Fsp3) is 0.368. The Morgan fingerprint density at radius 3 is 2.60 bits per heavy atom. The van der Waals surface area contributed by atoms with E-state index in [2.05, 4.69) is 37.4 Å². The maximum Gasteiger partial charge on any atom is 0.348 e. The number of nitrogen functional groups attached to an aromatic ring is 1. The number of ether oxygens (including phenoxy) is 1. The third-order valence-corrected chi connectivity index (χ3v) is 4.97. The number of nitrogens with one attached hydrogen (secondary N) is 1. The molecule has 0 aliphatic carbocycles. The fourth-order valence-electron chi connectivity index (χ4n) is 2.75. The number of nitriles is 1. The SMILES string of the molecule is CCOC(=O)c1sc(N)c(C#N)c1CN[C@@H](c1ccccc1)C(C)C. The van der Waals surface area contributed by atoms with Gasteiger partial charge in [-0.2, -0.15) is 5.26 Å². The van der Waals surface area contributed by atoms with E-state index in [0.29, 0.717) is 33.5 Å². The van der Waals surface area contributed by atoms with Gasteiger partial charge in [-0.3, -0.25) is 0 Å². The van der Waals surface area contributed by atoms with Gasteiger partial charge in [-0.25, -0.2) is 4.79 Å². The summed E-state index contributed by atoms with van der Waals surface area (Å²) in [5, 5.41) is 13.2. The smallest absolute Gasteiger partial charge is 0.348 e. The van der Waals surface area contributed by atoms with Crippen LogP contribution in [0, 0.1) is 17.2 Å². The molecular formula is C19H23N3O2S. The Labute approximate surface area is 152 Å². The molecule has 0 fully saturated rings. The van der Waals surface area contributed by atoms with E-state index in [1.165, 1.54) is 0 Å². The number of hydrogen-bond donors (Lipinski definition) is 2. The van der Waals surface area contributed by atoms with Crippen molar-refractivity contribution < 1.29 is 9.53 Å². The minimum absolute atomic E-state index is 0.101. The van der Waals surface area contributed by atoms with Crippen molar-refractivity contribution >= 4 is 22.3 Å². The van der Waals surface area contributed by atoms with Gasteiger partial charge in [0, 0.05) is 18.2 Å². The first-order chi connectivity index (χ1) is 12.0. The van der Waals surface area contributed by atoms with E-state index in [0.717, 1.165) is 16.9 Å². The number of esters is 1. The summed E-state index contributed by atoms with van der Waals surface area (Å²) in [6.45, 7) is 6.67. The number of thiophene rings is 1. The molecule has 2 aromatic rings. The minimum atomic E-state index is -0.432. The summed E-state index contributed by atoms with van der Waals surface area (Å²) >= 11 is 1.11. The van der Waals surface area contributed by atoms with E-state index in [4.69, 9.17) is 10.5 Å². The highest BCUT2D eigenvalue weighted by Gasteiger charge is 2.24. The number of hydrogen-bond acceptors (Lipinski definition) is 6. The lowest BCUT2D eigenvalue weighted by Gasteiger charge is -2.23. The first kappa shape index (κ1) is 19.0. The van der Waals surface area contributed by atoms with Gasteiger partial charge in [0.25, 0.3) is 0 Å². The number of benzene rings is 1. The molecule has 6 heteroatoms. The van der Waals surface area contributed by atoms with E-state index >= 15 is 0 Å². The third-order valence-electron chi connectivity index (χ3n) is 3.93. The molecule has 3 N–H and O–H groups in total. The fourth-order valence-corrected chi connectivity index (χ4v) is 3.68. The van der Waals surface area contributed by atoms with Gasteiger partial charge in [-0.15, -0.1) is 11.3 Å². The number of nitrogens with zero attached hydrogens (tertiary/aromatic N) is 1. The average Bonchev–Trinajstić information content (AvgIpc) is 2.91. The summed E-state index contributed by atoms with van der Waals surface area (Å²) in [5.74, 6) is -0.0896. The van der Waals surface area contributed by atoms with E-state index in [9.17, 15) is 10.1 Å². The highest BCUT2D eigenvalue weighted by molar-refractivity contribution is 7.18. The molecule has 132 valence electrons. The summed E-state index contributed by atoms with van der Waals surface area (Å²) < 4.78 is 5.10. The second kappa shape index (κ2) is 8.65. The van der Waals surface area contributed by atoms with E-state index < -0.39 is 5.97 Å². The summed E-state index contributed by atoms with van der Waals surface area (Å²) in [6.07, 6.45) is 0. The van der Waals surface area contributed by atoms with Crippen LogP contribution in [0.25, 0.3) is 0 Å². The highest BCUT2D eigenvalue weighted by Crippen LogP contribution is 2.32. The third kappa shape index (κ3) is 4.38. The number of anilines is 1. The van der Waals surface area contributed by atoms with Crippen molar-refractivity contribution in [3.05, 3.63) is 51.9 Å². The van der Waals surface area contributed by atoms with Gasteiger partial charge in [0.1, 0.15) is 15.9 Å². The molecule has 0 saturated carbocycles. The van der Waals surface area contributed by atoms with Gasteiger partial charge < -0.3 is 15.8 Å². The highest BCUT2D eigenvalue weighted by atomic mass is 32.1. The zero-order valence-corrected chi connectivity index (χ0v) is 15.5. The van der Waals surface area contributed by atoms with Crippen LogP contribution < -0.4 is 11.1 Å². The van der Waals surface area contributed by atoms with Crippen molar-refractivity contribution in [3.8, 4) is 6.07 Å². The van der Waals surface area contributed by atoms with Gasteiger partial charge in [0.15, 0.2) is 0 Å². The molecule has 0 unspecified atom stereocenters. The lowest BCUT2D eigenvalue weighted by molar-refractivity contribution is 0.0530. The number of carbonyl (C=O) groups is 1.